The van der Waals surface area contributed by atoms with Gasteiger partial charge in [-0.15, -0.1) is 17.5 Å². The third kappa shape index (κ3) is 4.55. The molecule has 0 radical (unpaired) electrons. The lowest BCUT2D eigenvalue weighted by molar-refractivity contribution is -0.129. The second-order valence-electron chi connectivity index (χ2n) is 8.61. The number of nitrogens with two attached hydrogens (primary N) is 1. The van der Waals surface area contributed by atoms with Crippen molar-refractivity contribution in [2.24, 2.45) is 5.92 Å². The molecular weight excluding hydrogens is 452 g/mol. The molecule has 11 nitrogen and oxygen atoms in total. The van der Waals surface area contributed by atoms with Gasteiger partial charge in [0.1, 0.15) is 0 Å². The molecular formula is C21H27ClN6O5. The van der Waals surface area contributed by atoms with E-state index in [-0.39, 0.29) is 41.4 Å². The average Bonchev–Trinajstić information content (AvgIpc) is 3.71. The standard InChI is InChI=1S/C21H26N6O5.ClH/c22-17-14(5-6-15(28)25-7-9-32-10-8-25)19-26(11-12-1-2-12)20(30)16(21(31)27(19)24-17)18(29)23-13-3-4-13;/h5-6,12-13,30H,1-4,7-11H2,(H2,22,24)(H,23,29);1H/b6-5+;. The average molecular weight is 479 g/mol. The van der Waals surface area contributed by atoms with Crippen molar-refractivity contribution in [1.29, 1.82) is 0 Å². The van der Waals surface area contributed by atoms with Crippen LogP contribution in [0.1, 0.15) is 41.6 Å². The zero-order valence-corrected chi connectivity index (χ0v) is 18.8. The highest BCUT2D eigenvalue weighted by Crippen LogP contribution is 2.34. The van der Waals surface area contributed by atoms with Crippen molar-refractivity contribution in [2.45, 2.75) is 38.3 Å². The Morgan fingerprint density at radius 2 is 1.91 bits per heavy atom. The highest BCUT2D eigenvalue weighted by Gasteiger charge is 2.32. The van der Waals surface area contributed by atoms with Crippen molar-refractivity contribution in [1.82, 2.24) is 24.4 Å². The summed E-state index contributed by atoms with van der Waals surface area (Å²) in [5, 5.41) is 17.9. The zero-order chi connectivity index (χ0) is 22.4. The maximum absolute atomic E-state index is 13.1. The predicted octanol–water partition coefficient (Wildman–Crippen LogP) is 0.380. The van der Waals surface area contributed by atoms with Crippen LogP contribution in [0.5, 0.6) is 5.88 Å². The summed E-state index contributed by atoms with van der Waals surface area (Å²) >= 11 is 0. The van der Waals surface area contributed by atoms with Crippen LogP contribution in [0, 0.1) is 5.92 Å². The largest absolute Gasteiger partial charge is 0.494 e. The molecule has 0 aromatic carbocycles. The van der Waals surface area contributed by atoms with E-state index in [0.29, 0.717) is 44.3 Å². The van der Waals surface area contributed by atoms with Gasteiger partial charge in [-0.05, 0) is 37.7 Å². The van der Waals surface area contributed by atoms with Crippen molar-refractivity contribution < 1.29 is 19.4 Å². The minimum atomic E-state index is -0.742. The quantitative estimate of drug-likeness (QED) is 0.509. The van der Waals surface area contributed by atoms with Gasteiger partial charge in [0.2, 0.25) is 11.8 Å². The Labute approximate surface area is 195 Å². The maximum Gasteiger partial charge on any atom is 0.291 e. The second kappa shape index (κ2) is 9.06. The summed E-state index contributed by atoms with van der Waals surface area (Å²) in [6.45, 7) is 2.39. The number of rotatable bonds is 6. The van der Waals surface area contributed by atoms with E-state index in [1.54, 1.807) is 4.90 Å². The minimum absolute atomic E-state index is 0. The molecule has 12 heteroatoms. The Hall–Kier alpha value is -3.05. The summed E-state index contributed by atoms with van der Waals surface area (Å²) in [5.41, 5.74) is 5.65. The summed E-state index contributed by atoms with van der Waals surface area (Å²) in [6.07, 6.45) is 6.59. The van der Waals surface area contributed by atoms with E-state index in [1.165, 1.54) is 16.7 Å². The molecule has 0 bridgehead atoms. The van der Waals surface area contributed by atoms with Gasteiger partial charge in [0.25, 0.3) is 11.5 Å². The van der Waals surface area contributed by atoms with Gasteiger partial charge in [-0.2, -0.15) is 4.52 Å². The minimum Gasteiger partial charge on any atom is -0.494 e. The third-order valence-electron chi connectivity index (χ3n) is 6.06. The van der Waals surface area contributed by atoms with Gasteiger partial charge in [-0.1, -0.05) is 0 Å². The van der Waals surface area contributed by atoms with E-state index in [4.69, 9.17) is 10.5 Å². The molecule has 0 unspecified atom stereocenters. The SMILES string of the molecule is Cl.Nc1nn2c(=O)c(C(=O)NC3CC3)c(O)n(CC3CC3)c2c1/C=C/C(=O)N1CCOCC1. The summed E-state index contributed by atoms with van der Waals surface area (Å²) in [6, 6.07) is 0.0289. The number of nitrogens with zero attached hydrogens (tertiary/aromatic N) is 4. The number of hydrogen-bond donors (Lipinski definition) is 3. The molecule has 2 aliphatic carbocycles. The number of carbonyl (C=O) groups excluding carboxylic acids is 2. The Balaban J connectivity index is 0.00000259. The number of morpholine rings is 1. The van der Waals surface area contributed by atoms with Crippen molar-refractivity contribution in [3.63, 3.8) is 0 Å². The fourth-order valence-corrected chi connectivity index (χ4v) is 3.89. The Morgan fingerprint density at radius 3 is 2.55 bits per heavy atom. The van der Waals surface area contributed by atoms with Crippen LogP contribution >= 0.6 is 12.4 Å². The Morgan fingerprint density at radius 1 is 1.21 bits per heavy atom. The first-order valence-corrected chi connectivity index (χ1v) is 10.9. The van der Waals surface area contributed by atoms with Crippen LogP contribution in [0.15, 0.2) is 10.9 Å². The van der Waals surface area contributed by atoms with Crippen LogP contribution in [0.3, 0.4) is 0 Å². The molecule has 178 valence electrons. The lowest BCUT2D eigenvalue weighted by atomic mass is 10.2. The molecule has 5 rings (SSSR count). The van der Waals surface area contributed by atoms with Crippen LogP contribution in [0.2, 0.25) is 0 Å². The van der Waals surface area contributed by atoms with Crippen molar-refractivity contribution >= 4 is 41.8 Å². The molecule has 2 aromatic rings. The topological polar surface area (TPSA) is 144 Å². The molecule has 0 spiro atoms. The molecule has 1 aliphatic heterocycles. The fourth-order valence-electron chi connectivity index (χ4n) is 3.89. The number of aromatic hydroxyl groups is 1. The van der Waals surface area contributed by atoms with Crippen LogP contribution < -0.4 is 16.6 Å². The number of amides is 2. The number of nitrogen functional groups attached to an aromatic ring is 1. The van der Waals surface area contributed by atoms with Gasteiger partial charge in [-0.25, -0.2) is 0 Å². The number of carbonyl (C=O) groups is 2. The number of fused-ring (bicyclic) bond motifs is 1. The summed E-state index contributed by atoms with van der Waals surface area (Å²) in [7, 11) is 0. The molecule has 0 atom stereocenters. The predicted molar refractivity (Wildman–Crippen MR) is 122 cm³/mol. The van der Waals surface area contributed by atoms with E-state index < -0.39 is 17.3 Å². The van der Waals surface area contributed by atoms with Crippen LogP contribution in [0.25, 0.3) is 11.7 Å². The van der Waals surface area contributed by atoms with Crippen LogP contribution in [-0.4, -0.2) is 68.3 Å². The number of anilines is 1. The fraction of sp³-hybridized carbons (Fsp3) is 0.524. The van der Waals surface area contributed by atoms with Crippen LogP contribution in [0.4, 0.5) is 5.82 Å². The number of hydrogen-bond acceptors (Lipinski definition) is 7. The van der Waals surface area contributed by atoms with Gasteiger partial charge in [-0.3, -0.25) is 19.0 Å². The number of halogens is 1. The Kier molecular flexibility index (Phi) is 6.35. The van der Waals surface area contributed by atoms with Gasteiger partial charge < -0.3 is 25.8 Å². The van der Waals surface area contributed by atoms with E-state index in [9.17, 15) is 19.5 Å². The highest BCUT2D eigenvalue weighted by atomic mass is 35.5. The summed E-state index contributed by atoms with van der Waals surface area (Å²) in [5.74, 6) is -0.851. The molecule has 33 heavy (non-hydrogen) atoms. The molecule has 3 aliphatic rings. The highest BCUT2D eigenvalue weighted by molar-refractivity contribution is 5.97. The van der Waals surface area contributed by atoms with Crippen molar-refractivity contribution in [3.8, 4) is 5.88 Å². The van der Waals surface area contributed by atoms with E-state index in [1.807, 2.05) is 0 Å². The molecule has 2 amide bonds. The first-order chi connectivity index (χ1) is 15.4. The van der Waals surface area contributed by atoms with Crippen LogP contribution in [-0.2, 0) is 16.1 Å². The number of nitrogens with one attached hydrogen (secondary N) is 1. The molecule has 2 saturated carbocycles. The van der Waals surface area contributed by atoms with Gasteiger partial charge >= 0.3 is 0 Å². The van der Waals surface area contributed by atoms with Gasteiger partial charge in [0, 0.05) is 31.8 Å². The van der Waals surface area contributed by atoms with Gasteiger partial charge in [0.15, 0.2) is 17.0 Å². The normalized spacial score (nSPS) is 18.5. The number of aromatic nitrogens is 3. The molecule has 2 aromatic heterocycles. The Bertz CT molecular complexity index is 1170. The zero-order valence-electron chi connectivity index (χ0n) is 18.0. The van der Waals surface area contributed by atoms with Crippen molar-refractivity contribution in [2.75, 3.05) is 32.0 Å². The smallest absolute Gasteiger partial charge is 0.291 e. The lowest BCUT2D eigenvalue weighted by Crippen LogP contribution is -2.39. The van der Waals surface area contributed by atoms with E-state index in [2.05, 4.69) is 10.4 Å². The third-order valence-corrected chi connectivity index (χ3v) is 6.06. The lowest BCUT2D eigenvalue weighted by Gasteiger charge is -2.25. The number of ether oxygens (including phenoxy) is 1. The summed E-state index contributed by atoms with van der Waals surface area (Å²) < 4.78 is 7.84. The summed E-state index contributed by atoms with van der Waals surface area (Å²) in [4.78, 5) is 40.0. The molecule has 4 N–H and O–H groups in total. The maximum atomic E-state index is 13.1. The van der Waals surface area contributed by atoms with Gasteiger partial charge in [0.05, 0.1) is 18.8 Å². The first-order valence-electron chi connectivity index (χ1n) is 10.9. The molecule has 1 saturated heterocycles. The first kappa shape index (κ1) is 23.1. The van der Waals surface area contributed by atoms with E-state index >= 15 is 0 Å². The molecule has 3 heterocycles. The monoisotopic (exact) mass is 478 g/mol. The molecule has 3 fully saturated rings. The van der Waals surface area contributed by atoms with E-state index in [0.717, 1.165) is 30.2 Å². The van der Waals surface area contributed by atoms with Crippen molar-refractivity contribution in [3.05, 3.63) is 27.6 Å². The second-order valence-corrected chi connectivity index (χ2v) is 8.61.